The van der Waals surface area contributed by atoms with Crippen molar-refractivity contribution in [2.45, 2.75) is 24.0 Å². The molecule has 0 heterocycles. The molecule has 34 heavy (non-hydrogen) atoms. The van der Waals surface area contributed by atoms with Gasteiger partial charge in [0.25, 0.3) is 0 Å². The number of aliphatic hydroxyl groups is 1. The smallest absolute Gasteiger partial charge is 0.0830 e. The summed E-state index contributed by atoms with van der Waals surface area (Å²) in [5.74, 6) is 0.896. The minimum atomic E-state index is -0.566. The third-order valence-corrected chi connectivity index (χ3v) is 6.55. The van der Waals surface area contributed by atoms with Crippen LogP contribution in [0.1, 0.15) is 34.8 Å². The standard InChI is InChI=1S/C31H30O2S/c32-31(23-29(27-14-8-3-9-15-27)22-25-10-4-1-5-11-25)28-16-18-30(19-17-28)34-21-20-33-24-26-12-6-2-7-13-26/h1-19,22,31-32H,20-21,23-24H2. The molecule has 0 bridgehead atoms. The van der Waals surface area contributed by atoms with E-state index < -0.39 is 6.10 Å². The van der Waals surface area contributed by atoms with Gasteiger partial charge in [-0.3, -0.25) is 0 Å². The van der Waals surface area contributed by atoms with Crippen LogP contribution in [0, 0.1) is 0 Å². The molecule has 1 N–H and O–H groups in total. The van der Waals surface area contributed by atoms with E-state index in [0.717, 1.165) is 28.0 Å². The Kier molecular flexibility index (Phi) is 9.15. The van der Waals surface area contributed by atoms with Gasteiger partial charge in [-0.2, -0.15) is 0 Å². The second-order valence-electron chi connectivity index (χ2n) is 8.12. The second-order valence-corrected chi connectivity index (χ2v) is 9.29. The van der Waals surface area contributed by atoms with Crippen LogP contribution in [0.4, 0.5) is 0 Å². The molecule has 0 saturated carbocycles. The topological polar surface area (TPSA) is 29.5 Å². The molecule has 0 aliphatic rings. The highest BCUT2D eigenvalue weighted by Gasteiger charge is 2.12. The second kappa shape index (κ2) is 13.0. The Bertz CT molecular complexity index is 1140. The lowest BCUT2D eigenvalue weighted by molar-refractivity contribution is 0.136. The highest BCUT2D eigenvalue weighted by molar-refractivity contribution is 7.99. The van der Waals surface area contributed by atoms with Crippen LogP contribution < -0.4 is 0 Å². The molecule has 0 amide bonds. The van der Waals surface area contributed by atoms with Crippen LogP contribution in [0.15, 0.2) is 120 Å². The van der Waals surface area contributed by atoms with Crippen molar-refractivity contribution in [2.24, 2.45) is 0 Å². The van der Waals surface area contributed by atoms with Gasteiger partial charge in [-0.25, -0.2) is 0 Å². The van der Waals surface area contributed by atoms with Gasteiger partial charge in [-0.15, -0.1) is 11.8 Å². The fourth-order valence-electron chi connectivity index (χ4n) is 3.76. The summed E-state index contributed by atoms with van der Waals surface area (Å²) in [7, 11) is 0. The molecule has 0 fully saturated rings. The van der Waals surface area contributed by atoms with E-state index >= 15 is 0 Å². The molecular formula is C31H30O2S. The average Bonchev–Trinajstić information content (AvgIpc) is 2.90. The van der Waals surface area contributed by atoms with Gasteiger partial charge in [-0.1, -0.05) is 109 Å². The van der Waals surface area contributed by atoms with Crippen molar-refractivity contribution in [2.75, 3.05) is 12.4 Å². The van der Waals surface area contributed by atoms with Crippen molar-refractivity contribution in [3.8, 4) is 0 Å². The molecule has 0 aliphatic heterocycles. The van der Waals surface area contributed by atoms with Crippen molar-refractivity contribution < 1.29 is 9.84 Å². The lowest BCUT2D eigenvalue weighted by atomic mass is 9.94. The monoisotopic (exact) mass is 466 g/mol. The molecule has 2 nitrogen and oxygen atoms in total. The Morgan fingerprint density at radius 1 is 0.765 bits per heavy atom. The Labute approximate surface area is 206 Å². The summed E-state index contributed by atoms with van der Waals surface area (Å²) in [5, 5.41) is 11.0. The van der Waals surface area contributed by atoms with Crippen molar-refractivity contribution in [1.82, 2.24) is 0 Å². The van der Waals surface area contributed by atoms with E-state index in [1.54, 1.807) is 11.8 Å². The minimum Gasteiger partial charge on any atom is -0.388 e. The molecule has 0 radical (unpaired) electrons. The molecule has 0 aliphatic carbocycles. The van der Waals surface area contributed by atoms with Crippen LogP contribution in [0.5, 0.6) is 0 Å². The molecule has 172 valence electrons. The summed E-state index contributed by atoms with van der Waals surface area (Å²) in [6.07, 6.45) is 2.15. The predicted octanol–water partition coefficient (Wildman–Crippen LogP) is 7.66. The maximum atomic E-state index is 11.0. The zero-order valence-corrected chi connectivity index (χ0v) is 20.0. The van der Waals surface area contributed by atoms with E-state index in [1.165, 1.54) is 10.5 Å². The molecule has 0 saturated heterocycles. The number of aliphatic hydroxyl groups excluding tert-OH is 1. The highest BCUT2D eigenvalue weighted by atomic mass is 32.2. The van der Waals surface area contributed by atoms with Crippen LogP contribution in [-0.2, 0) is 11.3 Å². The van der Waals surface area contributed by atoms with Crippen molar-refractivity contribution in [1.29, 1.82) is 0 Å². The van der Waals surface area contributed by atoms with Crippen molar-refractivity contribution >= 4 is 23.4 Å². The third kappa shape index (κ3) is 7.46. The average molecular weight is 467 g/mol. The first-order valence-corrected chi connectivity index (χ1v) is 12.6. The molecular weight excluding hydrogens is 436 g/mol. The summed E-state index contributed by atoms with van der Waals surface area (Å²) in [5.41, 5.74) is 5.51. The normalized spacial score (nSPS) is 12.4. The third-order valence-electron chi connectivity index (χ3n) is 5.57. The van der Waals surface area contributed by atoms with Gasteiger partial charge in [0.1, 0.15) is 0 Å². The summed E-state index contributed by atoms with van der Waals surface area (Å²) in [6, 6.07) is 39.0. The first-order valence-electron chi connectivity index (χ1n) is 11.6. The number of rotatable bonds is 11. The number of thioether (sulfide) groups is 1. The predicted molar refractivity (Wildman–Crippen MR) is 144 cm³/mol. The van der Waals surface area contributed by atoms with Crippen LogP contribution in [-0.4, -0.2) is 17.5 Å². The lowest BCUT2D eigenvalue weighted by Crippen LogP contribution is -2.00. The number of hydrogen-bond acceptors (Lipinski definition) is 3. The highest BCUT2D eigenvalue weighted by Crippen LogP contribution is 2.30. The van der Waals surface area contributed by atoms with Gasteiger partial charge in [0.2, 0.25) is 0 Å². The lowest BCUT2D eigenvalue weighted by Gasteiger charge is -2.15. The number of benzene rings is 4. The first-order chi connectivity index (χ1) is 16.8. The van der Waals surface area contributed by atoms with E-state index in [9.17, 15) is 5.11 Å². The van der Waals surface area contributed by atoms with E-state index in [1.807, 2.05) is 66.7 Å². The van der Waals surface area contributed by atoms with Crippen LogP contribution >= 0.6 is 11.8 Å². The fraction of sp³-hybridized carbons (Fsp3) is 0.161. The Morgan fingerprint density at radius 2 is 1.38 bits per heavy atom. The molecule has 0 spiro atoms. The Hall–Kier alpha value is -3.11. The van der Waals surface area contributed by atoms with E-state index in [0.29, 0.717) is 19.6 Å². The molecule has 1 atom stereocenters. The van der Waals surface area contributed by atoms with Crippen LogP contribution in [0.3, 0.4) is 0 Å². The maximum absolute atomic E-state index is 11.0. The van der Waals surface area contributed by atoms with Crippen molar-refractivity contribution in [3.63, 3.8) is 0 Å². The molecule has 4 aromatic carbocycles. The summed E-state index contributed by atoms with van der Waals surface area (Å²) in [4.78, 5) is 1.18. The molecule has 0 aromatic heterocycles. The number of ether oxygens (including phenoxy) is 1. The quantitative estimate of drug-likeness (QED) is 0.140. The maximum Gasteiger partial charge on any atom is 0.0830 e. The van der Waals surface area contributed by atoms with Gasteiger partial charge in [0.05, 0.1) is 19.3 Å². The van der Waals surface area contributed by atoms with Gasteiger partial charge in [0.15, 0.2) is 0 Å². The van der Waals surface area contributed by atoms with Gasteiger partial charge >= 0.3 is 0 Å². The summed E-state index contributed by atoms with van der Waals surface area (Å²) >= 11 is 1.77. The molecule has 3 heteroatoms. The molecule has 4 rings (SSSR count). The van der Waals surface area contributed by atoms with Gasteiger partial charge in [0, 0.05) is 17.1 Å². The van der Waals surface area contributed by atoms with Gasteiger partial charge < -0.3 is 9.84 Å². The summed E-state index contributed by atoms with van der Waals surface area (Å²) in [6.45, 7) is 1.35. The largest absolute Gasteiger partial charge is 0.388 e. The first kappa shape index (κ1) is 24.0. The Morgan fingerprint density at radius 3 is 2.06 bits per heavy atom. The SMILES string of the molecule is OC(CC(=Cc1ccccc1)c1ccccc1)c1ccc(SCCOCc2ccccc2)cc1. The molecule has 1 unspecified atom stereocenters. The zero-order chi connectivity index (χ0) is 23.4. The number of hydrogen-bond donors (Lipinski definition) is 1. The summed E-state index contributed by atoms with van der Waals surface area (Å²) < 4.78 is 5.77. The van der Waals surface area contributed by atoms with E-state index in [4.69, 9.17) is 4.74 Å². The minimum absolute atomic E-state index is 0.554. The van der Waals surface area contributed by atoms with E-state index in [2.05, 4.69) is 54.6 Å². The van der Waals surface area contributed by atoms with Gasteiger partial charge in [-0.05, 0) is 40.0 Å². The Balaban J connectivity index is 1.32. The van der Waals surface area contributed by atoms with Crippen LogP contribution in [0.25, 0.3) is 11.6 Å². The fourth-order valence-corrected chi connectivity index (χ4v) is 4.52. The molecule has 4 aromatic rings. The zero-order valence-electron chi connectivity index (χ0n) is 19.2. The van der Waals surface area contributed by atoms with E-state index in [-0.39, 0.29) is 0 Å². The van der Waals surface area contributed by atoms with Crippen molar-refractivity contribution in [3.05, 3.63) is 138 Å². The van der Waals surface area contributed by atoms with Crippen LogP contribution in [0.2, 0.25) is 0 Å².